The molecule has 0 aliphatic heterocycles. The number of nitrogens with zero attached hydrogens (tertiary/aromatic N) is 3. The highest BCUT2D eigenvalue weighted by molar-refractivity contribution is 5.63. The molecule has 0 saturated heterocycles. The largest absolute Gasteiger partial charge is 0.433 e. The van der Waals surface area contributed by atoms with E-state index >= 15 is 0 Å². The van der Waals surface area contributed by atoms with Gasteiger partial charge >= 0.3 is 6.18 Å². The Hall–Kier alpha value is -2.97. The summed E-state index contributed by atoms with van der Waals surface area (Å²) in [4.78, 5) is 15.2. The van der Waals surface area contributed by atoms with Gasteiger partial charge in [-0.15, -0.1) is 0 Å². The maximum Gasteiger partial charge on any atom is 0.433 e. The summed E-state index contributed by atoms with van der Waals surface area (Å²) in [7, 11) is 0. The van der Waals surface area contributed by atoms with Gasteiger partial charge in [-0.3, -0.25) is 9.78 Å². The first-order chi connectivity index (χ1) is 11.4. The number of aromatic amines is 1. The standard InChI is InChI=1S/C15H11F3N4O2/c1-8-11(6-9-4-5-20-21-14(9)23)13(22-24-8)10-2-3-12(19-7-10)15(16,17)18/h2-5,7H,6H2,1H3,(H,21,23). The lowest BCUT2D eigenvalue weighted by Crippen LogP contribution is -2.13. The summed E-state index contributed by atoms with van der Waals surface area (Å²) < 4.78 is 42.9. The minimum absolute atomic E-state index is 0.212. The lowest BCUT2D eigenvalue weighted by molar-refractivity contribution is -0.141. The summed E-state index contributed by atoms with van der Waals surface area (Å²) >= 11 is 0. The molecule has 3 rings (SSSR count). The maximum atomic E-state index is 12.6. The summed E-state index contributed by atoms with van der Waals surface area (Å²) in [5, 5.41) is 9.82. The van der Waals surface area contributed by atoms with E-state index in [9.17, 15) is 18.0 Å². The molecule has 1 N–H and O–H groups in total. The minimum atomic E-state index is -4.51. The first-order valence-electron chi connectivity index (χ1n) is 6.87. The number of aryl methyl sites for hydroxylation is 1. The number of pyridine rings is 1. The molecule has 0 fully saturated rings. The first kappa shape index (κ1) is 15.9. The van der Waals surface area contributed by atoms with Crippen molar-refractivity contribution >= 4 is 0 Å². The Morgan fingerprint density at radius 2 is 2.04 bits per heavy atom. The molecular weight excluding hydrogens is 325 g/mol. The highest BCUT2D eigenvalue weighted by Crippen LogP contribution is 2.30. The van der Waals surface area contributed by atoms with Gasteiger partial charge in [0.25, 0.3) is 5.56 Å². The van der Waals surface area contributed by atoms with Gasteiger partial charge in [-0.05, 0) is 25.1 Å². The second kappa shape index (κ2) is 5.91. The van der Waals surface area contributed by atoms with Gasteiger partial charge in [-0.1, -0.05) is 5.16 Å². The van der Waals surface area contributed by atoms with E-state index in [1.54, 1.807) is 13.0 Å². The van der Waals surface area contributed by atoms with Crippen LogP contribution in [-0.4, -0.2) is 20.3 Å². The molecule has 24 heavy (non-hydrogen) atoms. The number of halogens is 3. The zero-order chi connectivity index (χ0) is 17.3. The number of aromatic nitrogens is 4. The number of hydrogen-bond acceptors (Lipinski definition) is 5. The van der Waals surface area contributed by atoms with Gasteiger partial charge in [0.1, 0.15) is 17.1 Å². The second-order valence-corrected chi connectivity index (χ2v) is 5.08. The van der Waals surface area contributed by atoms with Gasteiger partial charge in [0.2, 0.25) is 0 Å². The molecule has 6 nitrogen and oxygen atoms in total. The fourth-order valence-electron chi connectivity index (χ4n) is 2.23. The molecule has 0 bridgehead atoms. The number of H-pyrrole nitrogens is 1. The van der Waals surface area contributed by atoms with Crippen LogP contribution in [0.1, 0.15) is 22.6 Å². The van der Waals surface area contributed by atoms with Gasteiger partial charge in [0.15, 0.2) is 0 Å². The molecule has 0 atom stereocenters. The molecule has 3 heterocycles. The van der Waals surface area contributed by atoms with E-state index in [1.807, 2.05) is 0 Å². The topological polar surface area (TPSA) is 84.7 Å². The molecule has 0 amide bonds. The van der Waals surface area contributed by atoms with Crippen molar-refractivity contribution in [1.29, 1.82) is 0 Å². The van der Waals surface area contributed by atoms with Crippen molar-refractivity contribution in [2.45, 2.75) is 19.5 Å². The van der Waals surface area contributed by atoms with Crippen molar-refractivity contribution in [1.82, 2.24) is 20.3 Å². The monoisotopic (exact) mass is 336 g/mol. The molecule has 0 saturated carbocycles. The quantitative estimate of drug-likeness (QED) is 0.795. The highest BCUT2D eigenvalue weighted by Gasteiger charge is 2.32. The maximum absolute atomic E-state index is 12.6. The van der Waals surface area contributed by atoms with Crippen molar-refractivity contribution in [2.24, 2.45) is 0 Å². The zero-order valence-corrected chi connectivity index (χ0v) is 12.4. The fraction of sp³-hybridized carbons (Fsp3) is 0.200. The van der Waals surface area contributed by atoms with Crippen LogP contribution in [0.15, 0.2) is 39.9 Å². The van der Waals surface area contributed by atoms with E-state index in [-0.39, 0.29) is 12.0 Å². The Balaban J connectivity index is 1.99. The summed E-state index contributed by atoms with van der Waals surface area (Å²) in [6, 6.07) is 3.70. The van der Waals surface area contributed by atoms with Crippen molar-refractivity contribution in [2.75, 3.05) is 0 Å². The van der Waals surface area contributed by atoms with Crippen LogP contribution >= 0.6 is 0 Å². The van der Waals surface area contributed by atoms with Gasteiger partial charge in [0, 0.05) is 35.5 Å². The Morgan fingerprint density at radius 3 is 2.67 bits per heavy atom. The van der Waals surface area contributed by atoms with E-state index in [0.29, 0.717) is 28.1 Å². The van der Waals surface area contributed by atoms with E-state index in [0.717, 1.165) is 12.3 Å². The molecule has 124 valence electrons. The van der Waals surface area contributed by atoms with Crippen molar-refractivity contribution in [3.05, 3.63) is 63.5 Å². The third-order valence-corrected chi connectivity index (χ3v) is 3.49. The van der Waals surface area contributed by atoms with Crippen LogP contribution in [0.4, 0.5) is 13.2 Å². The summed E-state index contributed by atoms with van der Waals surface area (Å²) in [5.41, 5.74) is 0.434. The van der Waals surface area contributed by atoms with Crippen LogP contribution in [0.5, 0.6) is 0 Å². The summed E-state index contributed by atoms with van der Waals surface area (Å²) in [6.45, 7) is 1.67. The van der Waals surface area contributed by atoms with Crippen LogP contribution in [-0.2, 0) is 12.6 Å². The molecule has 0 spiro atoms. The normalized spacial score (nSPS) is 11.7. The van der Waals surface area contributed by atoms with Crippen LogP contribution in [0.2, 0.25) is 0 Å². The van der Waals surface area contributed by atoms with Gasteiger partial charge < -0.3 is 4.52 Å². The number of nitrogens with one attached hydrogen (secondary N) is 1. The lowest BCUT2D eigenvalue weighted by atomic mass is 10.0. The Bertz CT molecular complexity index is 913. The summed E-state index contributed by atoms with van der Waals surface area (Å²) in [6.07, 6.45) is -1.77. The van der Waals surface area contributed by atoms with Crippen LogP contribution in [0.3, 0.4) is 0 Å². The minimum Gasteiger partial charge on any atom is -0.361 e. The number of rotatable bonds is 3. The van der Waals surface area contributed by atoms with Crippen LogP contribution in [0, 0.1) is 6.92 Å². The third-order valence-electron chi connectivity index (χ3n) is 3.49. The van der Waals surface area contributed by atoms with Gasteiger partial charge in [0.05, 0.1) is 0 Å². The molecule has 0 unspecified atom stereocenters. The Kier molecular flexibility index (Phi) is 3.92. The Labute approximate surface area is 133 Å². The van der Waals surface area contributed by atoms with E-state index in [1.165, 1.54) is 12.3 Å². The highest BCUT2D eigenvalue weighted by atomic mass is 19.4. The fourth-order valence-corrected chi connectivity index (χ4v) is 2.23. The molecule has 3 aromatic rings. The number of hydrogen-bond donors (Lipinski definition) is 1. The molecule has 3 aromatic heterocycles. The van der Waals surface area contributed by atoms with Crippen molar-refractivity contribution < 1.29 is 17.7 Å². The van der Waals surface area contributed by atoms with Crippen LogP contribution in [0.25, 0.3) is 11.3 Å². The predicted octanol–water partition coefficient (Wildman–Crippen LogP) is 2.74. The third kappa shape index (κ3) is 3.05. The average Bonchev–Trinajstić information content (AvgIpc) is 2.90. The smallest absolute Gasteiger partial charge is 0.361 e. The number of alkyl halides is 3. The van der Waals surface area contributed by atoms with Gasteiger partial charge in [-0.25, -0.2) is 5.10 Å². The first-order valence-corrected chi connectivity index (χ1v) is 6.87. The van der Waals surface area contributed by atoms with Crippen molar-refractivity contribution in [3.8, 4) is 11.3 Å². The zero-order valence-electron chi connectivity index (χ0n) is 12.4. The molecule has 9 heteroatoms. The van der Waals surface area contributed by atoms with E-state index < -0.39 is 11.9 Å². The Morgan fingerprint density at radius 1 is 1.25 bits per heavy atom. The van der Waals surface area contributed by atoms with E-state index in [4.69, 9.17) is 4.52 Å². The second-order valence-electron chi connectivity index (χ2n) is 5.08. The SMILES string of the molecule is Cc1onc(-c2ccc(C(F)(F)F)nc2)c1Cc1ccn[nH]c1=O. The molecule has 0 aliphatic rings. The molecular formula is C15H11F3N4O2. The molecule has 0 aromatic carbocycles. The van der Waals surface area contributed by atoms with E-state index in [2.05, 4.69) is 20.3 Å². The molecule has 0 radical (unpaired) electrons. The van der Waals surface area contributed by atoms with Crippen LogP contribution < -0.4 is 5.56 Å². The summed E-state index contributed by atoms with van der Waals surface area (Å²) in [5.74, 6) is 0.473. The molecule has 0 aliphatic carbocycles. The average molecular weight is 336 g/mol. The van der Waals surface area contributed by atoms with Gasteiger partial charge in [-0.2, -0.15) is 18.3 Å². The predicted molar refractivity (Wildman–Crippen MR) is 77.1 cm³/mol. The lowest BCUT2D eigenvalue weighted by Gasteiger charge is -2.06. The van der Waals surface area contributed by atoms with Crippen molar-refractivity contribution in [3.63, 3.8) is 0 Å².